The van der Waals surface area contributed by atoms with Crippen LogP contribution >= 0.6 is 11.3 Å². The molecule has 0 amide bonds. The number of H-pyrrole nitrogens is 1. The predicted octanol–water partition coefficient (Wildman–Crippen LogP) is 0.125. The Labute approximate surface area is 68.5 Å². The number of thiazole rings is 1. The van der Waals surface area contributed by atoms with Crippen LogP contribution in [0.5, 0.6) is 0 Å². The topological polar surface area (TPSA) is 44.9 Å². The Kier molecular flexibility index (Phi) is 1.79. The molecule has 0 atom stereocenters. The molecule has 11 heavy (non-hydrogen) atoms. The van der Waals surface area contributed by atoms with Crippen LogP contribution in [0.15, 0.2) is 4.79 Å². The number of fused-ring (bicyclic) bond motifs is 1. The fourth-order valence-electron chi connectivity index (χ4n) is 1.34. The smallest absolute Gasteiger partial charge is 0.304 e. The molecule has 1 aliphatic heterocycles. The molecule has 60 valence electrons. The minimum absolute atomic E-state index is 0.0944. The minimum Gasteiger partial charge on any atom is -0.316 e. The fraction of sp³-hybridized carbons (Fsp3) is 0.571. The number of aromatic nitrogens is 1. The highest BCUT2D eigenvalue weighted by atomic mass is 32.1. The van der Waals surface area contributed by atoms with E-state index < -0.39 is 0 Å². The molecule has 2 rings (SSSR count). The Morgan fingerprint density at radius 2 is 2.09 bits per heavy atom. The van der Waals surface area contributed by atoms with Crippen molar-refractivity contribution in [2.75, 3.05) is 13.1 Å². The molecule has 1 aliphatic rings. The zero-order valence-corrected chi connectivity index (χ0v) is 6.96. The van der Waals surface area contributed by atoms with Gasteiger partial charge in [-0.2, -0.15) is 0 Å². The highest BCUT2D eigenvalue weighted by Crippen LogP contribution is 2.11. The molecular weight excluding hydrogens is 160 g/mol. The van der Waals surface area contributed by atoms with Gasteiger partial charge in [-0.15, -0.1) is 0 Å². The van der Waals surface area contributed by atoms with E-state index in [1.165, 1.54) is 16.2 Å². The summed E-state index contributed by atoms with van der Waals surface area (Å²) in [6.07, 6.45) is 1.97. The van der Waals surface area contributed by atoms with Crippen molar-refractivity contribution in [3.05, 3.63) is 20.2 Å². The number of aromatic amines is 1. The molecule has 0 saturated carbocycles. The minimum atomic E-state index is 0.0944. The van der Waals surface area contributed by atoms with Crippen molar-refractivity contribution in [2.24, 2.45) is 0 Å². The van der Waals surface area contributed by atoms with E-state index >= 15 is 0 Å². The summed E-state index contributed by atoms with van der Waals surface area (Å²) in [5.74, 6) is 0. The molecule has 0 aromatic carbocycles. The second-order valence-electron chi connectivity index (χ2n) is 2.67. The van der Waals surface area contributed by atoms with Crippen LogP contribution < -0.4 is 10.2 Å². The first-order chi connectivity index (χ1) is 5.36. The maximum atomic E-state index is 10.9. The average molecular weight is 170 g/mol. The summed E-state index contributed by atoms with van der Waals surface area (Å²) >= 11 is 1.35. The van der Waals surface area contributed by atoms with Gasteiger partial charge in [-0.25, -0.2) is 0 Å². The van der Waals surface area contributed by atoms with Gasteiger partial charge in [0, 0.05) is 30.1 Å². The van der Waals surface area contributed by atoms with E-state index in [1.807, 2.05) is 0 Å². The van der Waals surface area contributed by atoms with Crippen LogP contribution in [0.25, 0.3) is 0 Å². The van der Waals surface area contributed by atoms with Gasteiger partial charge in [0.1, 0.15) is 0 Å². The van der Waals surface area contributed by atoms with E-state index in [4.69, 9.17) is 0 Å². The third-order valence-corrected chi connectivity index (χ3v) is 2.87. The van der Waals surface area contributed by atoms with Crippen LogP contribution in [0, 0.1) is 0 Å². The number of hydrogen-bond acceptors (Lipinski definition) is 3. The molecule has 3 nitrogen and oxygen atoms in total. The molecule has 0 bridgehead atoms. The van der Waals surface area contributed by atoms with E-state index in [0.717, 1.165) is 31.6 Å². The lowest BCUT2D eigenvalue weighted by atomic mass is 10.2. The molecular formula is C7H10N2OS. The van der Waals surface area contributed by atoms with E-state index in [1.54, 1.807) is 0 Å². The van der Waals surface area contributed by atoms with E-state index in [9.17, 15) is 4.79 Å². The normalized spacial score (nSPS) is 17.5. The van der Waals surface area contributed by atoms with Crippen molar-refractivity contribution in [2.45, 2.75) is 12.8 Å². The van der Waals surface area contributed by atoms with Gasteiger partial charge >= 0.3 is 4.87 Å². The summed E-state index contributed by atoms with van der Waals surface area (Å²) in [6.45, 7) is 1.99. The van der Waals surface area contributed by atoms with Gasteiger partial charge < -0.3 is 10.3 Å². The second kappa shape index (κ2) is 2.79. The van der Waals surface area contributed by atoms with Crippen molar-refractivity contribution in [1.82, 2.24) is 10.3 Å². The molecule has 0 unspecified atom stereocenters. The van der Waals surface area contributed by atoms with Crippen molar-refractivity contribution in [3.63, 3.8) is 0 Å². The lowest BCUT2D eigenvalue weighted by Crippen LogP contribution is -2.16. The zero-order chi connectivity index (χ0) is 7.68. The Morgan fingerprint density at radius 3 is 3.00 bits per heavy atom. The van der Waals surface area contributed by atoms with E-state index in [0.29, 0.717) is 0 Å². The molecule has 2 heterocycles. The summed E-state index contributed by atoms with van der Waals surface area (Å²) in [6, 6.07) is 0. The average Bonchev–Trinajstić information content (AvgIpc) is 2.17. The number of hydrogen-bond donors (Lipinski definition) is 2. The van der Waals surface area contributed by atoms with Crippen molar-refractivity contribution >= 4 is 11.3 Å². The van der Waals surface area contributed by atoms with Gasteiger partial charge in [0.05, 0.1) is 0 Å². The highest BCUT2D eigenvalue weighted by Gasteiger charge is 2.09. The van der Waals surface area contributed by atoms with Crippen LogP contribution in [-0.4, -0.2) is 18.1 Å². The quantitative estimate of drug-likeness (QED) is 0.581. The summed E-state index contributed by atoms with van der Waals surface area (Å²) in [4.78, 5) is 15.1. The molecule has 4 heteroatoms. The fourth-order valence-corrected chi connectivity index (χ4v) is 2.21. The highest BCUT2D eigenvalue weighted by molar-refractivity contribution is 7.09. The molecule has 1 aromatic heterocycles. The van der Waals surface area contributed by atoms with E-state index in [2.05, 4.69) is 10.3 Å². The molecule has 2 N–H and O–H groups in total. The molecule has 0 spiro atoms. The third kappa shape index (κ3) is 1.36. The van der Waals surface area contributed by atoms with Gasteiger partial charge in [0.2, 0.25) is 0 Å². The first-order valence-electron chi connectivity index (χ1n) is 3.78. The van der Waals surface area contributed by atoms with Crippen molar-refractivity contribution < 1.29 is 0 Å². The van der Waals surface area contributed by atoms with Gasteiger partial charge in [0.25, 0.3) is 0 Å². The molecule has 0 fully saturated rings. The van der Waals surface area contributed by atoms with Crippen LogP contribution in [0.4, 0.5) is 0 Å². The summed E-state index contributed by atoms with van der Waals surface area (Å²) in [5, 5.41) is 3.28. The Morgan fingerprint density at radius 1 is 1.27 bits per heavy atom. The van der Waals surface area contributed by atoms with E-state index in [-0.39, 0.29) is 4.87 Å². The SMILES string of the molecule is O=c1[nH]c2c(s1)CCNCC2. The summed E-state index contributed by atoms with van der Waals surface area (Å²) in [5.41, 5.74) is 1.14. The second-order valence-corrected chi connectivity index (χ2v) is 3.73. The van der Waals surface area contributed by atoms with Crippen molar-refractivity contribution in [1.29, 1.82) is 0 Å². The number of rotatable bonds is 0. The van der Waals surface area contributed by atoms with Gasteiger partial charge in [-0.05, 0) is 6.42 Å². The molecule has 1 aromatic rings. The maximum absolute atomic E-state index is 10.9. The first kappa shape index (κ1) is 7.06. The first-order valence-corrected chi connectivity index (χ1v) is 4.59. The lowest BCUT2D eigenvalue weighted by molar-refractivity contribution is 0.708. The Bertz CT molecular complexity index is 275. The largest absolute Gasteiger partial charge is 0.316 e. The van der Waals surface area contributed by atoms with Gasteiger partial charge in [-0.1, -0.05) is 11.3 Å². The van der Waals surface area contributed by atoms with Crippen LogP contribution in [0.3, 0.4) is 0 Å². The number of nitrogens with one attached hydrogen (secondary N) is 2. The summed E-state index contributed by atoms with van der Waals surface area (Å²) < 4.78 is 0. The Hall–Kier alpha value is -0.610. The zero-order valence-electron chi connectivity index (χ0n) is 6.14. The lowest BCUT2D eigenvalue weighted by Gasteiger charge is -1.93. The summed E-state index contributed by atoms with van der Waals surface area (Å²) in [7, 11) is 0. The van der Waals surface area contributed by atoms with Crippen molar-refractivity contribution in [3.8, 4) is 0 Å². The van der Waals surface area contributed by atoms with Gasteiger partial charge in [0.15, 0.2) is 0 Å². The third-order valence-electron chi connectivity index (χ3n) is 1.89. The Balaban J connectivity index is 2.39. The molecule has 0 radical (unpaired) electrons. The predicted molar refractivity (Wildman–Crippen MR) is 45.2 cm³/mol. The molecule has 0 saturated heterocycles. The molecule has 0 aliphatic carbocycles. The van der Waals surface area contributed by atoms with Gasteiger partial charge in [-0.3, -0.25) is 4.79 Å². The van der Waals surface area contributed by atoms with Crippen LogP contribution in [-0.2, 0) is 12.8 Å². The van der Waals surface area contributed by atoms with Crippen LogP contribution in [0.1, 0.15) is 10.6 Å². The maximum Gasteiger partial charge on any atom is 0.304 e. The van der Waals surface area contributed by atoms with Crippen LogP contribution in [0.2, 0.25) is 0 Å². The standard InChI is InChI=1S/C7H10N2OS/c10-7-9-5-1-3-8-4-2-6(5)11-7/h8H,1-4H2,(H,9,10). The monoisotopic (exact) mass is 170 g/mol.